The number of rotatable bonds is 14. The number of urea groups is 1. The highest BCUT2D eigenvalue weighted by Gasteiger charge is 2.46. The number of amides is 5. The lowest BCUT2D eigenvalue weighted by Crippen LogP contribution is -2.56. The third kappa shape index (κ3) is 7.96. The lowest BCUT2D eigenvalue weighted by Gasteiger charge is -2.26. The van der Waals surface area contributed by atoms with Crippen LogP contribution >= 0.6 is 0 Å². The average Bonchev–Trinajstić information content (AvgIpc) is 3.01. The SMILES string of the molecule is COc1ccc(CCNC(=O)CCCN2C(=O)C3C=CC=CC3=[N+](CC(=O)NCCC3=CCCCC3)C2=O)cc1OC. The summed E-state index contributed by atoms with van der Waals surface area (Å²) in [6.07, 6.45) is 15.7. The Morgan fingerprint density at radius 2 is 1.79 bits per heavy atom. The number of nitrogens with zero attached hydrogens (tertiary/aromatic N) is 2. The first-order valence-electron chi connectivity index (χ1n) is 14.7. The Hall–Kier alpha value is -4.21. The van der Waals surface area contributed by atoms with Crippen molar-refractivity contribution in [2.24, 2.45) is 5.92 Å². The van der Waals surface area contributed by atoms with Gasteiger partial charge in [-0.3, -0.25) is 9.59 Å². The van der Waals surface area contributed by atoms with Crippen LogP contribution in [0.2, 0.25) is 0 Å². The Kier molecular flexibility index (Phi) is 11.1. The van der Waals surface area contributed by atoms with Gasteiger partial charge in [0.05, 0.1) is 20.8 Å². The van der Waals surface area contributed by atoms with E-state index in [1.54, 1.807) is 38.5 Å². The second kappa shape index (κ2) is 15.1. The molecule has 2 N–H and O–H groups in total. The van der Waals surface area contributed by atoms with E-state index in [2.05, 4.69) is 16.7 Å². The zero-order chi connectivity index (χ0) is 29.9. The molecule has 3 aliphatic rings. The van der Waals surface area contributed by atoms with Crippen molar-refractivity contribution in [2.75, 3.05) is 40.4 Å². The van der Waals surface area contributed by atoms with Crippen LogP contribution in [-0.2, 0) is 20.8 Å². The van der Waals surface area contributed by atoms with Gasteiger partial charge in [0.25, 0.3) is 5.91 Å². The van der Waals surface area contributed by atoms with Crippen LogP contribution in [0.15, 0.2) is 54.2 Å². The van der Waals surface area contributed by atoms with Crippen LogP contribution in [0.3, 0.4) is 0 Å². The lowest BCUT2D eigenvalue weighted by atomic mass is 9.94. The first-order chi connectivity index (χ1) is 20.4. The highest BCUT2D eigenvalue weighted by Crippen LogP contribution is 2.27. The van der Waals surface area contributed by atoms with Crippen molar-refractivity contribution < 1.29 is 33.2 Å². The third-order valence-corrected chi connectivity index (χ3v) is 7.73. The largest absolute Gasteiger partial charge is 0.501 e. The summed E-state index contributed by atoms with van der Waals surface area (Å²) in [5.74, 6) is -0.136. The Balaban J connectivity index is 1.27. The number of carbonyl (C=O) groups excluding carboxylic acids is 4. The molecule has 0 fully saturated rings. The predicted octanol–water partition coefficient (Wildman–Crippen LogP) is 3.31. The van der Waals surface area contributed by atoms with Crippen molar-refractivity contribution in [2.45, 2.75) is 51.4 Å². The number of hydrogen-bond donors (Lipinski definition) is 2. The molecule has 1 aromatic carbocycles. The molecule has 1 atom stereocenters. The standard InChI is InChI=1S/C32H40N4O6/c1-41-27-15-14-24(21-28(27)42-2)17-19-33-29(37)13-8-20-35-31(39)25-11-6-7-12-26(25)36(32(35)40)22-30(38)34-18-16-23-9-4-3-5-10-23/h6-7,9,11-12,14-15,21,25H,3-5,8,10,13,16-20,22H2,1-2H3,(H-,33,34,37,38)/p+1. The highest BCUT2D eigenvalue weighted by atomic mass is 16.5. The number of benzene rings is 1. The number of ether oxygens (including phenoxy) is 2. The maximum absolute atomic E-state index is 13.4. The summed E-state index contributed by atoms with van der Waals surface area (Å²) in [6.45, 7) is 0.884. The molecule has 0 saturated heterocycles. The number of hydrogen-bond acceptors (Lipinski definition) is 6. The molecular formula is C32H41N4O6+. The lowest BCUT2D eigenvalue weighted by molar-refractivity contribution is -0.428. The first-order valence-corrected chi connectivity index (χ1v) is 14.7. The molecule has 2 aliphatic carbocycles. The molecule has 1 aliphatic heterocycles. The van der Waals surface area contributed by atoms with Gasteiger partial charge in [-0.25, -0.2) is 4.79 Å². The number of carbonyl (C=O) groups is 4. The fourth-order valence-corrected chi connectivity index (χ4v) is 5.44. The fourth-order valence-electron chi connectivity index (χ4n) is 5.44. The van der Waals surface area contributed by atoms with E-state index in [0.717, 1.165) is 29.7 Å². The minimum atomic E-state index is -0.636. The zero-order valence-electron chi connectivity index (χ0n) is 24.5. The topological polar surface area (TPSA) is 117 Å². The normalized spacial score (nSPS) is 18.0. The second-order valence-corrected chi connectivity index (χ2v) is 10.6. The van der Waals surface area contributed by atoms with Crippen molar-refractivity contribution in [1.82, 2.24) is 15.5 Å². The molecule has 1 heterocycles. The predicted molar refractivity (Wildman–Crippen MR) is 159 cm³/mol. The minimum absolute atomic E-state index is 0.0916. The van der Waals surface area contributed by atoms with Crippen LogP contribution in [0.5, 0.6) is 11.5 Å². The van der Waals surface area contributed by atoms with Crippen LogP contribution in [0.25, 0.3) is 0 Å². The van der Waals surface area contributed by atoms with Gasteiger partial charge < -0.3 is 20.1 Å². The van der Waals surface area contributed by atoms with E-state index in [9.17, 15) is 19.2 Å². The Morgan fingerprint density at radius 3 is 2.55 bits per heavy atom. The van der Waals surface area contributed by atoms with Crippen LogP contribution in [0.4, 0.5) is 4.79 Å². The second-order valence-electron chi connectivity index (χ2n) is 10.6. The number of nitrogens with one attached hydrogen (secondary N) is 2. The average molecular weight is 578 g/mol. The Bertz CT molecular complexity index is 1310. The van der Waals surface area contributed by atoms with Crippen molar-refractivity contribution in [3.63, 3.8) is 0 Å². The molecule has 4 rings (SSSR count). The summed E-state index contributed by atoms with van der Waals surface area (Å²) in [5.41, 5.74) is 2.86. The quantitative estimate of drug-likeness (QED) is 0.259. The van der Waals surface area contributed by atoms with Crippen molar-refractivity contribution in [1.29, 1.82) is 0 Å². The summed E-state index contributed by atoms with van der Waals surface area (Å²) < 4.78 is 12.0. The fraction of sp³-hybridized carbons (Fsp3) is 0.469. The van der Waals surface area contributed by atoms with Gasteiger partial charge in [0.15, 0.2) is 18.0 Å². The van der Waals surface area contributed by atoms with E-state index < -0.39 is 11.9 Å². The number of fused-ring (bicyclic) bond motifs is 1. The molecular weight excluding hydrogens is 536 g/mol. The van der Waals surface area contributed by atoms with Gasteiger partial charge in [-0.05, 0) is 68.7 Å². The van der Waals surface area contributed by atoms with Crippen LogP contribution in [-0.4, -0.2) is 79.3 Å². The van der Waals surface area contributed by atoms with Gasteiger partial charge in [0.2, 0.25) is 5.91 Å². The van der Waals surface area contributed by atoms with Crippen LogP contribution in [0, 0.1) is 5.92 Å². The van der Waals surface area contributed by atoms with Crippen molar-refractivity contribution >= 4 is 29.5 Å². The highest BCUT2D eigenvalue weighted by molar-refractivity contribution is 6.16. The van der Waals surface area contributed by atoms with Crippen molar-refractivity contribution in [3.05, 3.63) is 59.7 Å². The van der Waals surface area contributed by atoms with E-state index in [4.69, 9.17) is 9.47 Å². The first kappa shape index (κ1) is 30.7. The van der Waals surface area contributed by atoms with Gasteiger partial charge >= 0.3 is 11.9 Å². The molecule has 42 heavy (non-hydrogen) atoms. The molecule has 0 aromatic heterocycles. The molecule has 1 unspecified atom stereocenters. The molecule has 5 amide bonds. The summed E-state index contributed by atoms with van der Waals surface area (Å²) in [5, 5.41) is 5.81. The van der Waals surface area contributed by atoms with E-state index >= 15 is 0 Å². The monoisotopic (exact) mass is 577 g/mol. The number of allylic oxidation sites excluding steroid dienone is 4. The van der Waals surface area contributed by atoms with Gasteiger partial charge in [-0.1, -0.05) is 35.9 Å². The molecule has 0 saturated carbocycles. The van der Waals surface area contributed by atoms with E-state index in [0.29, 0.717) is 43.1 Å². The van der Waals surface area contributed by atoms with Gasteiger partial charge in [0.1, 0.15) is 11.6 Å². The number of imide groups is 1. The number of methoxy groups -OCH3 is 2. The molecule has 10 nitrogen and oxygen atoms in total. The minimum Gasteiger partial charge on any atom is -0.493 e. The summed E-state index contributed by atoms with van der Waals surface area (Å²) in [4.78, 5) is 53.0. The summed E-state index contributed by atoms with van der Waals surface area (Å²) in [7, 11) is 3.15. The third-order valence-electron chi connectivity index (χ3n) is 7.73. The van der Waals surface area contributed by atoms with E-state index in [-0.39, 0.29) is 37.2 Å². The van der Waals surface area contributed by atoms with Gasteiger partial charge in [-0.15, -0.1) is 0 Å². The molecule has 224 valence electrons. The summed E-state index contributed by atoms with van der Waals surface area (Å²) in [6, 6.07) is 5.08. The Morgan fingerprint density at radius 1 is 1.00 bits per heavy atom. The smallest absolute Gasteiger partial charge is 0.493 e. The maximum atomic E-state index is 13.4. The maximum Gasteiger partial charge on any atom is 0.501 e. The molecule has 1 aromatic rings. The molecule has 0 bridgehead atoms. The molecule has 0 radical (unpaired) electrons. The Labute approximate surface area is 247 Å². The van der Waals surface area contributed by atoms with E-state index in [1.807, 2.05) is 18.2 Å². The van der Waals surface area contributed by atoms with Crippen LogP contribution < -0.4 is 20.1 Å². The van der Waals surface area contributed by atoms with Gasteiger partial charge in [0, 0.05) is 19.5 Å². The van der Waals surface area contributed by atoms with Crippen molar-refractivity contribution in [3.8, 4) is 11.5 Å². The summed E-state index contributed by atoms with van der Waals surface area (Å²) >= 11 is 0. The molecule has 0 spiro atoms. The van der Waals surface area contributed by atoms with Crippen LogP contribution in [0.1, 0.15) is 50.5 Å². The van der Waals surface area contributed by atoms with Gasteiger partial charge in [-0.2, -0.15) is 14.3 Å². The molecule has 10 heteroatoms. The van der Waals surface area contributed by atoms with E-state index in [1.165, 1.54) is 23.0 Å². The zero-order valence-corrected chi connectivity index (χ0v) is 24.5.